The lowest BCUT2D eigenvalue weighted by Crippen LogP contribution is -2.47. The fourth-order valence-corrected chi connectivity index (χ4v) is 6.60. The molecule has 0 amide bonds. The van der Waals surface area contributed by atoms with Gasteiger partial charge in [-0.05, 0) is 48.5 Å². The molecule has 0 saturated carbocycles. The van der Waals surface area contributed by atoms with E-state index in [0.717, 1.165) is 47.5 Å². The molecule has 0 spiro atoms. The Kier molecular flexibility index (Phi) is 5.36. The average Bonchev–Trinajstić information content (AvgIpc) is 2.75. The second-order valence-electron chi connectivity index (χ2n) is 6.66. The number of hydrogen-bond acceptors (Lipinski definition) is 2. The summed E-state index contributed by atoms with van der Waals surface area (Å²) >= 11 is 6.01. The third-order valence-electron chi connectivity index (χ3n) is 5.06. The van der Waals surface area contributed by atoms with Gasteiger partial charge < -0.3 is 4.90 Å². The normalized spacial score (nSPS) is 15.7. The minimum Gasteiger partial charge on any atom is -0.369 e. The molecule has 0 aliphatic carbocycles. The molecule has 0 unspecified atom stereocenters. The molecular formula is C22H22ClN2OP. The van der Waals surface area contributed by atoms with Gasteiger partial charge in [-0.15, -0.1) is 0 Å². The van der Waals surface area contributed by atoms with Crippen molar-refractivity contribution in [3.8, 4) is 0 Å². The molecule has 0 bridgehead atoms. The third kappa shape index (κ3) is 3.68. The van der Waals surface area contributed by atoms with Gasteiger partial charge in [0.1, 0.15) is 0 Å². The van der Waals surface area contributed by atoms with Crippen molar-refractivity contribution in [1.29, 1.82) is 0 Å². The maximum atomic E-state index is 14.3. The van der Waals surface area contributed by atoms with Crippen LogP contribution in [-0.4, -0.2) is 30.8 Å². The predicted octanol–water partition coefficient (Wildman–Crippen LogP) is 4.39. The Balaban J connectivity index is 1.61. The lowest BCUT2D eigenvalue weighted by molar-refractivity contribution is 0.393. The quantitative estimate of drug-likeness (QED) is 0.611. The van der Waals surface area contributed by atoms with E-state index in [1.165, 1.54) is 0 Å². The number of anilines is 1. The molecule has 4 rings (SSSR count). The number of hydrogen-bond donors (Lipinski definition) is 0. The van der Waals surface area contributed by atoms with Crippen LogP contribution in [0.2, 0.25) is 5.02 Å². The molecular weight excluding hydrogens is 375 g/mol. The van der Waals surface area contributed by atoms with E-state index in [2.05, 4.69) is 9.57 Å². The van der Waals surface area contributed by atoms with E-state index in [9.17, 15) is 4.57 Å². The Hall–Kier alpha value is -2.06. The molecule has 138 valence electrons. The van der Waals surface area contributed by atoms with Crippen molar-refractivity contribution in [2.45, 2.75) is 0 Å². The molecule has 1 aliphatic rings. The second kappa shape index (κ2) is 7.90. The number of rotatable bonds is 4. The molecule has 1 heterocycles. The van der Waals surface area contributed by atoms with E-state index in [1.807, 2.05) is 84.9 Å². The summed E-state index contributed by atoms with van der Waals surface area (Å²) in [6.45, 7) is 3.18. The van der Waals surface area contributed by atoms with Gasteiger partial charge in [0.05, 0.1) is 0 Å². The van der Waals surface area contributed by atoms with Crippen molar-refractivity contribution in [2.75, 3.05) is 31.1 Å². The molecule has 0 aromatic heterocycles. The minimum absolute atomic E-state index is 0.745. The van der Waals surface area contributed by atoms with Gasteiger partial charge in [0.25, 0.3) is 0 Å². The fraction of sp³-hybridized carbons (Fsp3) is 0.182. The van der Waals surface area contributed by atoms with Gasteiger partial charge in [-0.2, -0.15) is 0 Å². The number of nitrogens with zero attached hydrogens (tertiary/aromatic N) is 2. The van der Waals surface area contributed by atoms with Crippen LogP contribution in [0.1, 0.15) is 0 Å². The maximum absolute atomic E-state index is 14.3. The topological polar surface area (TPSA) is 23.6 Å². The van der Waals surface area contributed by atoms with Crippen LogP contribution in [0.15, 0.2) is 84.9 Å². The molecule has 0 N–H and O–H groups in total. The van der Waals surface area contributed by atoms with E-state index < -0.39 is 7.29 Å². The van der Waals surface area contributed by atoms with Gasteiger partial charge in [0, 0.05) is 47.5 Å². The Morgan fingerprint density at radius 3 is 1.63 bits per heavy atom. The van der Waals surface area contributed by atoms with Crippen LogP contribution in [0, 0.1) is 0 Å². The van der Waals surface area contributed by atoms with Crippen LogP contribution in [0.3, 0.4) is 0 Å². The highest BCUT2D eigenvalue weighted by atomic mass is 35.5. The standard InChI is InChI=1S/C22H22ClN2OP/c23-19-11-13-20(14-12-19)24-15-17-25(18-16-24)27(26,21-7-3-1-4-8-21)22-9-5-2-6-10-22/h1-14H,15-18H2. The van der Waals surface area contributed by atoms with Gasteiger partial charge in [-0.25, -0.2) is 4.67 Å². The average molecular weight is 397 g/mol. The summed E-state index contributed by atoms with van der Waals surface area (Å²) in [6, 6.07) is 27.7. The van der Waals surface area contributed by atoms with Crippen molar-refractivity contribution in [3.05, 3.63) is 90.0 Å². The first kappa shape index (κ1) is 18.3. The molecule has 0 radical (unpaired) electrons. The smallest absolute Gasteiger partial charge is 0.207 e. The zero-order chi connectivity index (χ0) is 18.7. The Bertz CT molecular complexity index is 880. The first-order valence-corrected chi connectivity index (χ1v) is 11.2. The summed E-state index contributed by atoms with van der Waals surface area (Å²) in [4.78, 5) is 2.33. The number of halogens is 1. The fourth-order valence-electron chi connectivity index (χ4n) is 3.62. The summed E-state index contributed by atoms with van der Waals surface area (Å²) in [5, 5.41) is 2.54. The largest absolute Gasteiger partial charge is 0.369 e. The number of piperazine rings is 1. The van der Waals surface area contributed by atoms with Gasteiger partial charge in [-0.1, -0.05) is 48.0 Å². The molecule has 3 aromatic rings. The molecule has 1 fully saturated rings. The van der Waals surface area contributed by atoms with E-state index in [0.29, 0.717) is 0 Å². The van der Waals surface area contributed by atoms with Gasteiger partial charge in [-0.3, -0.25) is 4.57 Å². The lowest BCUT2D eigenvalue weighted by atomic mass is 10.2. The molecule has 3 nitrogen and oxygen atoms in total. The Labute approximate surface area is 165 Å². The zero-order valence-electron chi connectivity index (χ0n) is 15.0. The Morgan fingerprint density at radius 2 is 1.15 bits per heavy atom. The predicted molar refractivity (Wildman–Crippen MR) is 115 cm³/mol. The maximum Gasteiger partial charge on any atom is 0.207 e. The third-order valence-corrected chi connectivity index (χ3v) is 8.50. The highest BCUT2D eigenvalue weighted by Crippen LogP contribution is 2.47. The molecule has 1 aliphatic heterocycles. The zero-order valence-corrected chi connectivity index (χ0v) is 16.7. The number of benzene rings is 3. The van der Waals surface area contributed by atoms with Crippen LogP contribution < -0.4 is 15.5 Å². The van der Waals surface area contributed by atoms with E-state index in [-0.39, 0.29) is 0 Å². The van der Waals surface area contributed by atoms with E-state index in [4.69, 9.17) is 11.6 Å². The summed E-state index contributed by atoms with van der Waals surface area (Å²) in [7, 11) is -2.84. The summed E-state index contributed by atoms with van der Waals surface area (Å²) < 4.78 is 16.5. The molecule has 0 atom stereocenters. The van der Waals surface area contributed by atoms with E-state index >= 15 is 0 Å². The van der Waals surface area contributed by atoms with Crippen molar-refractivity contribution in [3.63, 3.8) is 0 Å². The summed E-state index contributed by atoms with van der Waals surface area (Å²) in [5.74, 6) is 0. The van der Waals surface area contributed by atoms with E-state index in [1.54, 1.807) is 0 Å². The van der Waals surface area contributed by atoms with Gasteiger partial charge >= 0.3 is 0 Å². The molecule has 27 heavy (non-hydrogen) atoms. The van der Waals surface area contributed by atoms with Crippen LogP contribution in [0.25, 0.3) is 0 Å². The summed E-state index contributed by atoms with van der Waals surface area (Å²) in [6.07, 6.45) is 0. The van der Waals surface area contributed by atoms with Gasteiger partial charge in [0.15, 0.2) is 0 Å². The second-order valence-corrected chi connectivity index (χ2v) is 9.85. The molecule has 1 saturated heterocycles. The van der Waals surface area contributed by atoms with Crippen LogP contribution >= 0.6 is 18.9 Å². The van der Waals surface area contributed by atoms with Crippen molar-refractivity contribution >= 4 is 35.2 Å². The first-order valence-electron chi connectivity index (χ1n) is 9.15. The molecule has 3 aromatic carbocycles. The van der Waals surface area contributed by atoms with Crippen molar-refractivity contribution < 1.29 is 4.57 Å². The van der Waals surface area contributed by atoms with Crippen LogP contribution in [-0.2, 0) is 4.57 Å². The summed E-state index contributed by atoms with van der Waals surface area (Å²) in [5.41, 5.74) is 1.16. The highest BCUT2D eigenvalue weighted by molar-refractivity contribution is 7.76. The Morgan fingerprint density at radius 1 is 0.667 bits per heavy atom. The van der Waals surface area contributed by atoms with Crippen molar-refractivity contribution in [2.24, 2.45) is 0 Å². The minimum atomic E-state index is -2.84. The monoisotopic (exact) mass is 396 g/mol. The lowest BCUT2D eigenvalue weighted by Gasteiger charge is -2.40. The van der Waals surface area contributed by atoms with Gasteiger partial charge in [0.2, 0.25) is 7.29 Å². The SMILES string of the molecule is O=P(c1ccccc1)(c1ccccc1)N1CCN(c2ccc(Cl)cc2)CC1. The highest BCUT2D eigenvalue weighted by Gasteiger charge is 2.36. The first-order chi connectivity index (χ1) is 13.2. The van der Waals surface area contributed by atoms with Crippen molar-refractivity contribution in [1.82, 2.24) is 4.67 Å². The molecule has 5 heteroatoms. The van der Waals surface area contributed by atoms with Crippen LogP contribution in [0.5, 0.6) is 0 Å². The van der Waals surface area contributed by atoms with Crippen LogP contribution in [0.4, 0.5) is 5.69 Å².